The Hall–Kier alpha value is 0.660. The van der Waals surface area contributed by atoms with Crippen molar-refractivity contribution in [3.05, 3.63) is 9.47 Å². The van der Waals surface area contributed by atoms with E-state index in [1.165, 1.54) is 0 Å². The van der Waals surface area contributed by atoms with Crippen LogP contribution in [0.4, 0.5) is 0 Å². The van der Waals surface area contributed by atoms with Crippen LogP contribution in [-0.2, 0) is 0 Å². The van der Waals surface area contributed by atoms with Crippen LogP contribution in [0.1, 0.15) is 0 Å². The fourth-order valence-electron chi connectivity index (χ4n) is 0.0445. The van der Waals surface area contributed by atoms with Gasteiger partial charge in [0.25, 0.3) is 0 Å². The highest BCUT2D eigenvalue weighted by molar-refractivity contribution is 9.14. The van der Waals surface area contributed by atoms with E-state index in [0.717, 1.165) is 4.48 Å². The van der Waals surface area contributed by atoms with Crippen molar-refractivity contribution in [1.82, 2.24) is 0 Å². The fraction of sp³-hybridized carbons (Fsp3) is 0.333. The van der Waals surface area contributed by atoms with Gasteiger partial charge in [0, 0.05) is 11.0 Å². The molecule has 0 heterocycles. The molecule has 0 aromatic heterocycles. The standard InChI is InChI=1S/C3H5Br2N/c4-1-3(5)2-6/h1H,2,6H2/b3-1-. The van der Waals surface area contributed by atoms with Gasteiger partial charge < -0.3 is 5.73 Å². The lowest BCUT2D eigenvalue weighted by molar-refractivity contribution is 1.25. The van der Waals surface area contributed by atoms with Gasteiger partial charge in [-0.2, -0.15) is 0 Å². The minimum atomic E-state index is 0.561. The molecule has 0 aromatic carbocycles. The molecule has 0 atom stereocenters. The zero-order chi connectivity index (χ0) is 4.99. The molecule has 1 nitrogen and oxygen atoms in total. The van der Waals surface area contributed by atoms with Crippen molar-refractivity contribution in [1.29, 1.82) is 0 Å². The quantitative estimate of drug-likeness (QED) is 0.705. The zero-order valence-corrected chi connectivity index (χ0v) is 6.29. The monoisotopic (exact) mass is 213 g/mol. The van der Waals surface area contributed by atoms with Crippen LogP contribution in [0.3, 0.4) is 0 Å². The van der Waals surface area contributed by atoms with Crippen LogP contribution in [0, 0.1) is 0 Å². The first-order chi connectivity index (χ1) is 2.81. The van der Waals surface area contributed by atoms with Gasteiger partial charge in [0.15, 0.2) is 0 Å². The van der Waals surface area contributed by atoms with E-state index in [1.54, 1.807) is 4.99 Å². The van der Waals surface area contributed by atoms with Gasteiger partial charge in [-0.3, -0.25) is 0 Å². The van der Waals surface area contributed by atoms with Crippen LogP contribution in [0.5, 0.6) is 0 Å². The lowest BCUT2D eigenvalue weighted by Crippen LogP contribution is -1.95. The van der Waals surface area contributed by atoms with E-state index >= 15 is 0 Å². The Bertz CT molecular complexity index is 59.8. The third-order valence-corrected chi connectivity index (χ3v) is 2.03. The maximum atomic E-state index is 5.14. The van der Waals surface area contributed by atoms with E-state index < -0.39 is 0 Å². The average molecular weight is 215 g/mol. The summed E-state index contributed by atoms with van der Waals surface area (Å²) in [7, 11) is 0. The first kappa shape index (κ1) is 6.66. The maximum Gasteiger partial charge on any atom is 0.0250 e. The van der Waals surface area contributed by atoms with Crippen LogP contribution >= 0.6 is 31.9 Å². The minimum absolute atomic E-state index is 0.561. The number of halogens is 2. The largest absolute Gasteiger partial charge is 0.326 e. The third kappa shape index (κ3) is 2.87. The Morgan fingerprint density at radius 3 is 2.33 bits per heavy atom. The van der Waals surface area contributed by atoms with Gasteiger partial charge in [-0.25, -0.2) is 0 Å². The van der Waals surface area contributed by atoms with Crippen LogP contribution in [0.15, 0.2) is 9.47 Å². The molecule has 0 unspecified atom stereocenters. The number of hydrogen-bond acceptors (Lipinski definition) is 1. The maximum absolute atomic E-state index is 5.14. The summed E-state index contributed by atoms with van der Waals surface area (Å²) >= 11 is 6.25. The van der Waals surface area contributed by atoms with Gasteiger partial charge in [-0.15, -0.1) is 0 Å². The highest BCUT2D eigenvalue weighted by atomic mass is 79.9. The van der Waals surface area contributed by atoms with Crippen molar-refractivity contribution in [2.75, 3.05) is 6.54 Å². The highest BCUT2D eigenvalue weighted by Crippen LogP contribution is 2.03. The molecule has 0 aromatic rings. The summed E-state index contributed by atoms with van der Waals surface area (Å²) in [6.07, 6.45) is 0. The molecule has 3 heteroatoms. The van der Waals surface area contributed by atoms with Crippen molar-refractivity contribution < 1.29 is 0 Å². The summed E-state index contributed by atoms with van der Waals surface area (Å²) in [5.41, 5.74) is 5.14. The van der Waals surface area contributed by atoms with E-state index in [2.05, 4.69) is 31.9 Å². The van der Waals surface area contributed by atoms with Gasteiger partial charge in [-0.1, -0.05) is 31.9 Å². The zero-order valence-electron chi connectivity index (χ0n) is 3.12. The summed E-state index contributed by atoms with van der Waals surface area (Å²) in [5.74, 6) is 0. The third-order valence-electron chi connectivity index (χ3n) is 0.313. The summed E-state index contributed by atoms with van der Waals surface area (Å²) in [5, 5.41) is 0. The summed E-state index contributed by atoms with van der Waals surface area (Å²) < 4.78 is 0.975. The highest BCUT2D eigenvalue weighted by Gasteiger charge is 1.77. The number of nitrogens with two attached hydrogens (primary N) is 1. The van der Waals surface area contributed by atoms with Crippen LogP contribution in [0.2, 0.25) is 0 Å². The normalized spacial score (nSPS) is 12.2. The van der Waals surface area contributed by atoms with Gasteiger partial charge in [-0.05, 0) is 4.99 Å². The molecule has 0 amide bonds. The lowest BCUT2D eigenvalue weighted by Gasteiger charge is -1.81. The second-order valence-electron chi connectivity index (χ2n) is 0.760. The Morgan fingerprint density at radius 2 is 2.33 bits per heavy atom. The van der Waals surface area contributed by atoms with E-state index in [-0.39, 0.29) is 0 Å². The number of hydrogen-bond donors (Lipinski definition) is 1. The predicted molar refractivity (Wildman–Crippen MR) is 35.0 cm³/mol. The van der Waals surface area contributed by atoms with Crippen LogP contribution < -0.4 is 5.73 Å². The van der Waals surface area contributed by atoms with Gasteiger partial charge >= 0.3 is 0 Å². The van der Waals surface area contributed by atoms with Crippen molar-refractivity contribution in [3.8, 4) is 0 Å². The van der Waals surface area contributed by atoms with E-state index in [4.69, 9.17) is 5.73 Å². The Balaban J connectivity index is 3.22. The SMILES string of the molecule is NC/C(Br)=C/Br. The smallest absolute Gasteiger partial charge is 0.0250 e. The molecule has 0 rings (SSSR count). The molecule has 36 valence electrons. The molecule has 0 aliphatic rings. The summed E-state index contributed by atoms with van der Waals surface area (Å²) in [6.45, 7) is 0.561. The first-order valence-corrected chi connectivity index (χ1v) is 3.17. The molecule has 0 bridgehead atoms. The van der Waals surface area contributed by atoms with Crippen molar-refractivity contribution >= 4 is 31.9 Å². The molecule has 0 aliphatic carbocycles. The summed E-state index contributed by atoms with van der Waals surface area (Å²) in [6, 6.07) is 0. The van der Waals surface area contributed by atoms with E-state index in [0.29, 0.717) is 6.54 Å². The topological polar surface area (TPSA) is 26.0 Å². The fourth-order valence-corrected chi connectivity index (χ4v) is 0.231. The molecule has 6 heavy (non-hydrogen) atoms. The molecule has 0 spiro atoms. The second kappa shape index (κ2) is 3.84. The van der Waals surface area contributed by atoms with Crippen molar-refractivity contribution in [2.45, 2.75) is 0 Å². The molecular formula is C3H5Br2N. The van der Waals surface area contributed by atoms with E-state index in [1.807, 2.05) is 0 Å². The van der Waals surface area contributed by atoms with Gasteiger partial charge in [0.05, 0.1) is 0 Å². The molecule has 0 fully saturated rings. The molecular weight excluding hydrogens is 210 g/mol. The van der Waals surface area contributed by atoms with Crippen molar-refractivity contribution in [2.24, 2.45) is 5.73 Å². The Labute approximate surface area is 53.9 Å². The van der Waals surface area contributed by atoms with Crippen LogP contribution in [-0.4, -0.2) is 6.54 Å². The van der Waals surface area contributed by atoms with E-state index in [9.17, 15) is 0 Å². The summed E-state index contributed by atoms with van der Waals surface area (Å²) in [4.78, 5) is 1.74. The molecule has 0 radical (unpaired) electrons. The lowest BCUT2D eigenvalue weighted by atomic mass is 10.7. The predicted octanol–water partition coefficient (Wildman–Crippen LogP) is 1.58. The second-order valence-corrected chi connectivity index (χ2v) is 2.24. The Morgan fingerprint density at radius 1 is 1.83 bits per heavy atom. The van der Waals surface area contributed by atoms with Crippen LogP contribution in [0.25, 0.3) is 0 Å². The number of rotatable bonds is 1. The van der Waals surface area contributed by atoms with Gasteiger partial charge in [0.2, 0.25) is 0 Å². The Kier molecular flexibility index (Phi) is 4.26. The minimum Gasteiger partial charge on any atom is -0.326 e. The van der Waals surface area contributed by atoms with Crippen molar-refractivity contribution in [3.63, 3.8) is 0 Å². The molecule has 0 saturated heterocycles. The average Bonchev–Trinajstić information content (AvgIpc) is 1.65. The molecule has 0 saturated carbocycles. The van der Waals surface area contributed by atoms with Gasteiger partial charge in [0.1, 0.15) is 0 Å². The molecule has 2 N–H and O–H groups in total. The first-order valence-electron chi connectivity index (χ1n) is 1.46. The molecule has 0 aliphatic heterocycles.